The molecule has 2 unspecified atom stereocenters. The Morgan fingerprint density at radius 1 is 1.05 bits per heavy atom. The molecule has 0 bridgehead atoms. The quantitative estimate of drug-likeness (QED) is 0.857. The first-order chi connectivity index (χ1) is 10.5. The van der Waals surface area contributed by atoms with Crippen molar-refractivity contribution < 1.29 is 14.4 Å². The average molecular weight is 318 g/mol. The number of benzene rings is 2. The second-order valence-corrected chi connectivity index (χ2v) is 7.32. The molecular weight excluding hydrogens is 296 g/mol. The molecule has 2 aromatic carbocycles. The number of aromatic hydroxyl groups is 1. The van der Waals surface area contributed by atoms with E-state index in [4.69, 9.17) is 0 Å². The number of phenolic OH excluding ortho intramolecular Hbond substituents is 1. The lowest BCUT2D eigenvalue weighted by Crippen LogP contribution is -2.35. The second kappa shape index (κ2) is 7.07. The van der Waals surface area contributed by atoms with Gasteiger partial charge < -0.3 is 10.2 Å². The summed E-state index contributed by atoms with van der Waals surface area (Å²) in [7, 11) is -1.41. The van der Waals surface area contributed by atoms with Crippen molar-refractivity contribution in [3.8, 4) is 5.75 Å². The molecule has 0 aliphatic rings. The molecule has 2 N–H and O–H groups in total. The maximum Gasteiger partial charge on any atom is 0.115 e. The predicted octanol–water partition coefficient (Wildman–Crippen LogP) is 3.50. The number of rotatable bonds is 6. The minimum Gasteiger partial charge on any atom is -0.508 e. The van der Waals surface area contributed by atoms with Crippen molar-refractivity contribution in [2.45, 2.75) is 36.3 Å². The van der Waals surface area contributed by atoms with Gasteiger partial charge in [-0.15, -0.1) is 0 Å². The Morgan fingerprint density at radius 2 is 1.64 bits per heavy atom. The normalized spacial score (nSPS) is 15.2. The predicted molar refractivity (Wildman–Crippen MR) is 89.4 cm³/mol. The van der Waals surface area contributed by atoms with E-state index >= 15 is 0 Å². The zero-order chi connectivity index (χ0) is 16.2. The summed E-state index contributed by atoms with van der Waals surface area (Å²) in [6.45, 7) is 3.84. The van der Waals surface area contributed by atoms with Crippen molar-refractivity contribution in [3.05, 3.63) is 59.7 Å². The van der Waals surface area contributed by atoms with Crippen LogP contribution in [-0.2, 0) is 15.5 Å². The average Bonchev–Trinajstić information content (AvgIpc) is 2.54. The largest absolute Gasteiger partial charge is 0.508 e. The van der Waals surface area contributed by atoms with Crippen LogP contribution >= 0.6 is 0 Å². The second-order valence-electron chi connectivity index (χ2n) is 5.53. The molecule has 3 nitrogen and oxygen atoms in total. The SMILES string of the molecule is CCCC(CO)(c1ccc(C)cc1)S(=O)c1ccc(O)cc1. The molecule has 4 heteroatoms. The van der Waals surface area contributed by atoms with Gasteiger partial charge in [0.05, 0.1) is 22.2 Å². The summed E-state index contributed by atoms with van der Waals surface area (Å²) in [6, 6.07) is 14.2. The third-order valence-electron chi connectivity index (χ3n) is 3.89. The first-order valence-corrected chi connectivity index (χ1v) is 8.57. The molecule has 0 saturated carbocycles. The monoisotopic (exact) mass is 318 g/mol. The Balaban J connectivity index is 2.50. The van der Waals surface area contributed by atoms with E-state index in [9.17, 15) is 14.4 Å². The van der Waals surface area contributed by atoms with Gasteiger partial charge in [0.1, 0.15) is 5.75 Å². The van der Waals surface area contributed by atoms with Gasteiger partial charge in [-0.25, -0.2) is 0 Å². The number of phenols is 1. The van der Waals surface area contributed by atoms with Gasteiger partial charge in [-0.2, -0.15) is 0 Å². The fourth-order valence-electron chi connectivity index (χ4n) is 2.63. The Kier molecular flexibility index (Phi) is 5.37. The number of aliphatic hydroxyl groups is 1. The Labute approximate surface area is 134 Å². The summed E-state index contributed by atoms with van der Waals surface area (Å²) in [5, 5.41) is 19.5. The summed E-state index contributed by atoms with van der Waals surface area (Å²) in [6.07, 6.45) is 1.44. The molecule has 0 heterocycles. The van der Waals surface area contributed by atoms with Gasteiger partial charge in [-0.05, 0) is 43.2 Å². The van der Waals surface area contributed by atoms with Gasteiger partial charge in [0.2, 0.25) is 0 Å². The molecule has 0 aliphatic carbocycles. The minimum absolute atomic E-state index is 0.140. The van der Waals surface area contributed by atoms with Crippen molar-refractivity contribution >= 4 is 10.8 Å². The molecule has 22 heavy (non-hydrogen) atoms. The van der Waals surface area contributed by atoms with Gasteiger partial charge in [0, 0.05) is 4.90 Å². The van der Waals surface area contributed by atoms with Crippen LogP contribution in [0.2, 0.25) is 0 Å². The van der Waals surface area contributed by atoms with E-state index in [0.29, 0.717) is 11.3 Å². The molecule has 0 saturated heterocycles. The first kappa shape index (κ1) is 16.7. The Hall–Kier alpha value is -1.65. The van der Waals surface area contributed by atoms with Crippen LogP contribution in [0.15, 0.2) is 53.4 Å². The summed E-state index contributed by atoms with van der Waals surface area (Å²) in [4.78, 5) is 0.612. The highest BCUT2D eigenvalue weighted by Crippen LogP contribution is 2.37. The van der Waals surface area contributed by atoms with Gasteiger partial charge in [-0.1, -0.05) is 43.2 Å². The van der Waals surface area contributed by atoms with E-state index in [0.717, 1.165) is 17.5 Å². The van der Waals surface area contributed by atoms with Gasteiger partial charge in [0.25, 0.3) is 0 Å². The van der Waals surface area contributed by atoms with E-state index in [1.807, 2.05) is 38.1 Å². The molecule has 0 spiro atoms. The highest BCUT2D eigenvalue weighted by molar-refractivity contribution is 7.86. The van der Waals surface area contributed by atoms with Crippen LogP contribution in [0.1, 0.15) is 30.9 Å². The molecule has 0 amide bonds. The molecule has 2 atom stereocenters. The van der Waals surface area contributed by atoms with Crippen LogP contribution in [-0.4, -0.2) is 21.0 Å². The molecule has 118 valence electrons. The topological polar surface area (TPSA) is 57.5 Å². The van der Waals surface area contributed by atoms with Crippen LogP contribution in [0.4, 0.5) is 0 Å². The summed E-state index contributed by atoms with van der Waals surface area (Å²) in [5.41, 5.74) is 2.01. The van der Waals surface area contributed by atoms with Gasteiger partial charge in [-0.3, -0.25) is 4.21 Å². The van der Waals surface area contributed by atoms with Crippen molar-refractivity contribution in [1.82, 2.24) is 0 Å². The van der Waals surface area contributed by atoms with Crippen molar-refractivity contribution in [1.29, 1.82) is 0 Å². The van der Waals surface area contributed by atoms with E-state index < -0.39 is 15.5 Å². The Morgan fingerprint density at radius 3 is 2.14 bits per heavy atom. The van der Waals surface area contributed by atoms with E-state index in [2.05, 4.69) is 0 Å². The zero-order valence-corrected chi connectivity index (χ0v) is 13.8. The lowest BCUT2D eigenvalue weighted by molar-refractivity contribution is 0.237. The molecular formula is C18H22O3S. The molecule has 2 rings (SSSR count). The van der Waals surface area contributed by atoms with Crippen molar-refractivity contribution in [3.63, 3.8) is 0 Å². The van der Waals surface area contributed by atoms with Crippen LogP contribution in [0.5, 0.6) is 5.75 Å². The van der Waals surface area contributed by atoms with Crippen LogP contribution in [0.25, 0.3) is 0 Å². The molecule has 0 aliphatic heterocycles. The highest BCUT2D eigenvalue weighted by Gasteiger charge is 2.38. The molecule has 0 fully saturated rings. The molecule has 0 radical (unpaired) electrons. The van der Waals surface area contributed by atoms with Crippen LogP contribution in [0.3, 0.4) is 0 Å². The number of hydrogen-bond acceptors (Lipinski definition) is 3. The Bertz CT molecular complexity index is 634. The molecule has 2 aromatic rings. The van der Waals surface area contributed by atoms with E-state index in [-0.39, 0.29) is 12.4 Å². The first-order valence-electron chi connectivity index (χ1n) is 7.42. The fraction of sp³-hybridized carbons (Fsp3) is 0.333. The standard InChI is InChI=1S/C18H22O3S/c1-3-12-18(13-19,15-6-4-14(2)5-7-15)22(21)17-10-8-16(20)9-11-17/h4-11,19-20H,3,12-13H2,1-2H3. The maximum atomic E-state index is 13.2. The van der Waals surface area contributed by atoms with Gasteiger partial charge in [0.15, 0.2) is 0 Å². The molecule has 0 aromatic heterocycles. The summed E-state index contributed by atoms with van der Waals surface area (Å²) < 4.78 is 12.3. The lowest BCUT2D eigenvalue weighted by atomic mass is 9.93. The zero-order valence-electron chi connectivity index (χ0n) is 13.0. The van der Waals surface area contributed by atoms with Crippen molar-refractivity contribution in [2.24, 2.45) is 0 Å². The lowest BCUT2D eigenvalue weighted by Gasteiger charge is -2.31. The van der Waals surface area contributed by atoms with Crippen LogP contribution < -0.4 is 0 Å². The highest BCUT2D eigenvalue weighted by atomic mass is 32.2. The van der Waals surface area contributed by atoms with E-state index in [1.165, 1.54) is 12.1 Å². The fourth-order valence-corrected chi connectivity index (χ4v) is 4.32. The number of aliphatic hydroxyl groups excluding tert-OH is 1. The third-order valence-corrected chi connectivity index (χ3v) is 5.87. The summed E-state index contributed by atoms with van der Waals surface area (Å²) in [5.74, 6) is 0.140. The van der Waals surface area contributed by atoms with E-state index in [1.54, 1.807) is 12.1 Å². The van der Waals surface area contributed by atoms with Gasteiger partial charge >= 0.3 is 0 Å². The summed E-state index contributed by atoms with van der Waals surface area (Å²) >= 11 is 0. The van der Waals surface area contributed by atoms with Crippen LogP contribution in [0, 0.1) is 6.92 Å². The maximum absolute atomic E-state index is 13.2. The number of aryl methyl sites for hydroxylation is 1. The smallest absolute Gasteiger partial charge is 0.115 e. The number of hydrogen-bond donors (Lipinski definition) is 2. The minimum atomic E-state index is -1.41. The van der Waals surface area contributed by atoms with Crippen molar-refractivity contribution in [2.75, 3.05) is 6.61 Å². The third kappa shape index (κ3) is 3.23.